The van der Waals surface area contributed by atoms with Gasteiger partial charge in [-0.05, 0) is 23.7 Å². The Bertz CT molecular complexity index is 1240. The largest absolute Gasteiger partial charge is 0.348 e. The van der Waals surface area contributed by atoms with E-state index in [-0.39, 0.29) is 5.91 Å². The topological polar surface area (TPSA) is 65.8 Å². The van der Waals surface area contributed by atoms with E-state index >= 15 is 0 Å². The van der Waals surface area contributed by atoms with Crippen LogP contribution in [0.3, 0.4) is 0 Å². The summed E-state index contributed by atoms with van der Waals surface area (Å²) in [4.78, 5) is 22.3. The summed E-state index contributed by atoms with van der Waals surface area (Å²) in [5, 5.41) is 7.45. The van der Waals surface area contributed by atoms with E-state index in [0.29, 0.717) is 17.8 Å². The van der Waals surface area contributed by atoms with Crippen molar-refractivity contribution in [1.82, 2.24) is 29.7 Å². The minimum atomic E-state index is -0.175. The average Bonchev–Trinajstić information content (AvgIpc) is 3.34. The lowest BCUT2D eigenvalue weighted by atomic mass is 10.1. The Balaban J connectivity index is 1.21. The van der Waals surface area contributed by atoms with Crippen LogP contribution in [0.1, 0.15) is 28.4 Å². The lowest BCUT2D eigenvalue weighted by Gasteiger charge is -2.34. The van der Waals surface area contributed by atoms with Crippen LogP contribution < -0.4 is 5.32 Å². The summed E-state index contributed by atoms with van der Waals surface area (Å²) < 4.78 is 1.72. The van der Waals surface area contributed by atoms with Crippen molar-refractivity contribution in [3.05, 3.63) is 89.7 Å². The third-order valence-electron chi connectivity index (χ3n) is 6.51. The first kappa shape index (κ1) is 22.3. The zero-order valence-corrected chi connectivity index (χ0v) is 19.5. The lowest BCUT2D eigenvalue weighted by molar-refractivity contribution is 0.0952. The fraction of sp³-hybridized carbons (Fsp3) is 0.296. The van der Waals surface area contributed by atoms with Crippen molar-refractivity contribution in [2.24, 2.45) is 0 Å². The second-order valence-electron chi connectivity index (χ2n) is 8.70. The molecule has 3 heterocycles. The Kier molecular flexibility index (Phi) is 6.65. The summed E-state index contributed by atoms with van der Waals surface area (Å²) in [6.45, 7) is 9.31. The minimum Gasteiger partial charge on any atom is -0.348 e. The first-order valence-electron chi connectivity index (χ1n) is 11.9. The predicted molar refractivity (Wildman–Crippen MR) is 133 cm³/mol. The fourth-order valence-electron chi connectivity index (χ4n) is 4.44. The molecule has 0 saturated carbocycles. The van der Waals surface area contributed by atoms with E-state index in [9.17, 15) is 4.79 Å². The van der Waals surface area contributed by atoms with Gasteiger partial charge in [0.25, 0.3) is 5.91 Å². The minimum absolute atomic E-state index is 0.175. The van der Waals surface area contributed by atoms with Crippen LogP contribution >= 0.6 is 0 Å². The first-order valence-corrected chi connectivity index (χ1v) is 11.9. The summed E-state index contributed by atoms with van der Waals surface area (Å²) in [6.07, 6.45) is 3.31. The van der Waals surface area contributed by atoms with Gasteiger partial charge in [-0.1, -0.05) is 61.5 Å². The molecule has 7 heteroatoms. The van der Waals surface area contributed by atoms with Gasteiger partial charge in [-0.25, -0.2) is 9.50 Å². The van der Waals surface area contributed by atoms with Crippen molar-refractivity contribution in [2.45, 2.75) is 20.0 Å². The van der Waals surface area contributed by atoms with E-state index in [0.717, 1.165) is 56.1 Å². The van der Waals surface area contributed by atoms with Gasteiger partial charge in [-0.15, -0.1) is 0 Å². The maximum atomic E-state index is 12.9. The Hall–Kier alpha value is -3.55. The molecule has 1 saturated heterocycles. The zero-order valence-electron chi connectivity index (χ0n) is 19.5. The van der Waals surface area contributed by atoms with E-state index in [4.69, 9.17) is 0 Å². The van der Waals surface area contributed by atoms with Crippen molar-refractivity contribution in [3.8, 4) is 11.3 Å². The fourth-order valence-corrected chi connectivity index (χ4v) is 4.44. The van der Waals surface area contributed by atoms with Gasteiger partial charge in [0, 0.05) is 51.0 Å². The molecule has 5 rings (SSSR count). The molecule has 0 aliphatic carbocycles. The third kappa shape index (κ3) is 4.85. The molecule has 1 N–H and O–H groups in total. The van der Waals surface area contributed by atoms with Gasteiger partial charge in [0.05, 0.1) is 11.9 Å². The van der Waals surface area contributed by atoms with E-state index in [1.165, 1.54) is 5.56 Å². The van der Waals surface area contributed by atoms with Crippen LogP contribution in [0.15, 0.2) is 73.1 Å². The molecule has 1 aliphatic rings. The van der Waals surface area contributed by atoms with Crippen molar-refractivity contribution in [2.75, 3.05) is 32.7 Å². The van der Waals surface area contributed by atoms with Gasteiger partial charge in [0.2, 0.25) is 0 Å². The number of nitrogens with one attached hydrogen (secondary N) is 1. The molecule has 4 aromatic rings. The number of hydrogen-bond donors (Lipinski definition) is 1. The molecular formula is C27H30N6O. The number of fused-ring (bicyclic) bond motifs is 1. The van der Waals surface area contributed by atoms with Crippen LogP contribution in [0.4, 0.5) is 0 Å². The number of carbonyl (C=O) groups is 1. The van der Waals surface area contributed by atoms with Crippen LogP contribution in [0, 0.1) is 0 Å². The maximum absolute atomic E-state index is 12.9. The number of benzene rings is 2. The Morgan fingerprint density at radius 1 is 0.912 bits per heavy atom. The number of likely N-dealkylation sites (N-methyl/N-ethyl adjacent to an activating group) is 1. The highest BCUT2D eigenvalue weighted by atomic mass is 16.1. The molecule has 2 aromatic heterocycles. The van der Waals surface area contributed by atoms with Gasteiger partial charge in [-0.3, -0.25) is 9.69 Å². The quantitative estimate of drug-likeness (QED) is 0.463. The molecule has 0 bridgehead atoms. The standard InChI is InChI=1S/C27H30N6O/c1-2-31-14-16-32(17-15-31)20-22-10-8-21(9-11-22)18-29-27(34)24-19-30-33-25(12-13-28-26(24)33)23-6-4-3-5-7-23/h3-13,19H,2,14-18,20H2,1H3,(H,29,34). The maximum Gasteiger partial charge on any atom is 0.257 e. The van der Waals surface area contributed by atoms with Gasteiger partial charge in [0.1, 0.15) is 5.56 Å². The van der Waals surface area contributed by atoms with Gasteiger partial charge >= 0.3 is 0 Å². The number of hydrogen-bond acceptors (Lipinski definition) is 5. The second-order valence-corrected chi connectivity index (χ2v) is 8.70. The second kappa shape index (κ2) is 10.2. The average molecular weight is 455 g/mol. The monoisotopic (exact) mass is 454 g/mol. The summed E-state index contributed by atoms with van der Waals surface area (Å²) in [5.74, 6) is -0.175. The molecular weight excluding hydrogens is 424 g/mol. The molecule has 7 nitrogen and oxygen atoms in total. The summed E-state index contributed by atoms with van der Waals surface area (Å²) in [7, 11) is 0. The molecule has 1 amide bonds. The predicted octanol–water partition coefficient (Wildman–Crippen LogP) is 3.46. The molecule has 0 spiro atoms. The summed E-state index contributed by atoms with van der Waals surface area (Å²) in [5.41, 5.74) is 5.33. The van der Waals surface area contributed by atoms with E-state index in [1.54, 1.807) is 16.9 Å². The molecule has 1 aliphatic heterocycles. The number of piperazine rings is 1. The highest BCUT2D eigenvalue weighted by Crippen LogP contribution is 2.20. The van der Waals surface area contributed by atoms with Gasteiger partial charge in [-0.2, -0.15) is 5.10 Å². The highest BCUT2D eigenvalue weighted by Gasteiger charge is 2.17. The Morgan fingerprint density at radius 2 is 1.62 bits per heavy atom. The molecule has 0 radical (unpaired) electrons. The normalized spacial score (nSPS) is 15.0. The van der Waals surface area contributed by atoms with Crippen molar-refractivity contribution in [1.29, 1.82) is 0 Å². The van der Waals surface area contributed by atoms with Crippen LogP contribution in [0.5, 0.6) is 0 Å². The Labute approximate surface area is 200 Å². The number of nitrogens with zero attached hydrogens (tertiary/aromatic N) is 5. The van der Waals surface area contributed by atoms with Crippen LogP contribution in [0.25, 0.3) is 16.9 Å². The third-order valence-corrected chi connectivity index (χ3v) is 6.51. The number of amides is 1. The highest BCUT2D eigenvalue weighted by molar-refractivity contribution is 5.99. The molecule has 34 heavy (non-hydrogen) atoms. The number of carbonyl (C=O) groups excluding carboxylic acids is 1. The van der Waals surface area contributed by atoms with E-state index in [2.05, 4.69) is 56.4 Å². The van der Waals surface area contributed by atoms with Crippen molar-refractivity contribution < 1.29 is 4.79 Å². The molecule has 0 unspecified atom stereocenters. The van der Waals surface area contributed by atoms with Crippen molar-refractivity contribution >= 4 is 11.6 Å². The molecule has 0 atom stereocenters. The smallest absolute Gasteiger partial charge is 0.257 e. The summed E-state index contributed by atoms with van der Waals surface area (Å²) >= 11 is 0. The van der Waals surface area contributed by atoms with E-state index in [1.807, 2.05) is 36.4 Å². The van der Waals surface area contributed by atoms with E-state index < -0.39 is 0 Å². The number of rotatable bonds is 7. The molecule has 174 valence electrons. The number of aromatic nitrogens is 3. The van der Waals surface area contributed by atoms with Crippen LogP contribution in [0.2, 0.25) is 0 Å². The molecule has 2 aromatic carbocycles. The van der Waals surface area contributed by atoms with Gasteiger partial charge < -0.3 is 10.2 Å². The van der Waals surface area contributed by atoms with Crippen molar-refractivity contribution in [3.63, 3.8) is 0 Å². The van der Waals surface area contributed by atoms with Crippen LogP contribution in [-0.4, -0.2) is 63.0 Å². The Morgan fingerprint density at radius 3 is 2.35 bits per heavy atom. The van der Waals surface area contributed by atoms with Crippen LogP contribution in [-0.2, 0) is 13.1 Å². The lowest BCUT2D eigenvalue weighted by Crippen LogP contribution is -2.45. The SMILES string of the molecule is CCN1CCN(Cc2ccc(CNC(=O)c3cnn4c(-c5ccccc5)ccnc34)cc2)CC1. The first-order chi connectivity index (χ1) is 16.7. The zero-order chi connectivity index (χ0) is 23.3. The van der Waals surface area contributed by atoms with Gasteiger partial charge in [0.15, 0.2) is 5.65 Å². The molecule has 1 fully saturated rings. The summed E-state index contributed by atoms with van der Waals surface area (Å²) in [6, 6.07) is 20.4.